The van der Waals surface area contributed by atoms with Gasteiger partial charge >= 0.3 is 0 Å². The monoisotopic (exact) mass is 307 g/mol. The second-order valence-corrected chi connectivity index (χ2v) is 6.59. The molecule has 2 aromatic rings. The molecular formula is C14H21N5OS. The van der Waals surface area contributed by atoms with Crippen LogP contribution in [0.4, 0.5) is 0 Å². The van der Waals surface area contributed by atoms with E-state index in [2.05, 4.69) is 27.3 Å². The Hall–Kier alpha value is -1.31. The zero-order valence-electron chi connectivity index (χ0n) is 12.5. The molecule has 114 valence electrons. The maximum absolute atomic E-state index is 12.1. The Balaban J connectivity index is 1.81. The summed E-state index contributed by atoms with van der Waals surface area (Å²) in [7, 11) is 2.10. The van der Waals surface area contributed by atoms with Gasteiger partial charge in [0.15, 0.2) is 0 Å². The molecule has 0 radical (unpaired) electrons. The van der Waals surface area contributed by atoms with Gasteiger partial charge in [0.1, 0.15) is 5.01 Å². The number of nitrogens with one attached hydrogen (secondary N) is 1. The first-order valence-corrected chi connectivity index (χ1v) is 8.28. The third-order valence-corrected chi connectivity index (χ3v) is 5.00. The molecule has 3 heterocycles. The Labute approximate surface area is 127 Å². The van der Waals surface area contributed by atoms with Gasteiger partial charge in [0.2, 0.25) is 4.96 Å². The van der Waals surface area contributed by atoms with Crippen LogP contribution >= 0.6 is 11.3 Å². The lowest BCUT2D eigenvalue weighted by molar-refractivity contribution is 0.194. The first kappa shape index (κ1) is 14.6. The van der Waals surface area contributed by atoms with Crippen LogP contribution in [-0.4, -0.2) is 45.7 Å². The quantitative estimate of drug-likeness (QED) is 0.909. The summed E-state index contributed by atoms with van der Waals surface area (Å²) >= 11 is 1.50. The third kappa shape index (κ3) is 3.14. The lowest BCUT2D eigenvalue weighted by Crippen LogP contribution is -2.43. The maximum atomic E-state index is 12.1. The number of aromatic nitrogens is 3. The van der Waals surface area contributed by atoms with Gasteiger partial charge in [-0.15, -0.1) is 0 Å². The molecular weight excluding hydrogens is 286 g/mol. The van der Waals surface area contributed by atoms with Crippen molar-refractivity contribution < 1.29 is 0 Å². The molecule has 0 aromatic carbocycles. The zero-order valence-corrected chi connectivity index (χ0v) is 13.3. The number of piperidine rings is 1. The molecule has 1 aliphatic heterocycles. The highest BCUT2D eigenvalue weighted by Crippen LogP contribution is 2.14. The molecule has 1 atom stereocenters. The summed E-state index contributed by atoms with van der Waals surface area (Å²) in [5, 5.41) is 8.64. The van der Waals surface area contributed by atoms with E-state index < -0.39 is 0 Å². The number of rotatable bonds is 4. The number of nitrogens with zero attached hydrogens (tertiary/aromatic N) is 4. The average molecular weight is 307 g/mol. The summed E-state index contributed by atoms with van der Waals surface area (Å²) in [5.41, 5.74) is 0.750. The topological polar surface area (TPSA) is 62.5 Å². The SMILES string of the molecule is CCc1nn2c(=O)cc(CN(C)C3CCCNC3)nc2s1. The van der Waals surface area contributed by atoms with Gasteiger partial charge in [-0.3, -0.25) is 9.69 Å². The van der Waals surface area contributed by atoms with E-state index in [4.69, 9.17) is 0 Å². The summed E-state index contributed by atoms with van der Waals surface area (Å²) in [6, 6.07) is 2.13. The fourth-order valence-electron chi connectivity index (χ4n) is 2.71. The summed E-state index contributed by atoms with van der Waals surface area (Å²) in [6.45, 7) is 4.86. The molecule has 0 bridgehead atoms. The normalized spacial score (nSPS) is 19.5. The molecule has 2 aromatic heterocycles. The second kappa shape index (κ2) is 6.21. The molecule has 6 nitrogen and oxygen atoms in total. The van der Waals surface area contributed by atoms with Gasteiger partial charge in [-0.1, -0.05) is 18.3 Å². The van der Waals surface area contributed by atoms with E-state index >= 15 is 0 Å². The molecule has 1 aliphatic rings. The minimum absolute atomic E-state index is 0.0823. The fraction of sp³-hybridized carbons (Fsp3) is 0.643. The molecule has 1 N–H and O–H groups in total. The van der Waals surface area contributed by atoms with Crippen LogP contribution in [0.2, 0.25) is 0 Å². The molecule has 0 aliphatic carbocycles. The van der Waals surface area contributed by atoms with Crippen molar-refractivity contribution in [2.24, 2.45) is 0 Å². The van der Waals surface area contributed by atoms with Crippen LogP contribution in [0.3, 0.4) is 0 Å². The standard InChI is InChI=1S/C14H21N5OS/c1-3-12-17-19-13(20)7-10(16-14(19)21-12)9-18(2)11-5-4-6-15-8-11/h7,11,15H,3-6,8-9H2,1-2H3. The Morgan fingerprint density at radius 3 is 3.14 bits per heavy atom. The number of aryl methyl sites for hydroxylation is 1. The Bertz CT molecular complexity index is 674. The van der Waals surface area contributed by atoms with Crippen molar-refractivity contribution in [2.45, 2.75) is 38.8 Å². The molecule has 21 heavy (non-hydrogen) atoms. The van der Waals surface area contributed by atoms with Crippen molar-refractivity contribution in [1.82, 2.24) is 24.8 Å². The van der Waals surface area contributed by atoms with Crippen molar-refractivity contribution in [1.29, 1.82) is 0 Å². The molecule has 0 saturated carbocycles. The summed E-state index contributed by atoms with van der Waals surface area (Å²) in [5.74, 6) is 0. The highest BCUT2D eigenvalue weighted by molar-refractivity contribution is 7.16. The maximum Gasteiger partial charge on any atom is 0.275 e. The number of fused-ring (bicyclic) bond motifs is 1. The van der Waals surface area contributed by atoms with Crippen molar-refractivity contribution in [2.75, 3.05) is 20.1 Å². The molecule has 0 spiro atoms. The van der Waals surface area contributed by atoms with Gasteiger partial charge in [0, 0.05) is 25.2 Å². The number of hydrogen-bond donors (Lipinski definition) is 1. The fourth-order valence-corrected chi connectivity index (χ4v) is 3.57. The van der Waals surface area contributed by atoms with E-state index in [-0.39, 0.29) is 5.56 Å². The zero-order chi connectivity index (χ0) is 14.8. The van der Waals surface area contributed by atoms with Gasteiger partial charge in [0.05, 0.1) is 5.69 Å². The second-order valence-electron chi connectivity index (χ2n) is 5.54. The van der Waals surface area contributed by atoms with Gasteiger partial charge in [-0.2, -0.15) is 9.61 Å². The highest BCUT2D eigenvalue weighted by atomic mass is 32.1. The lowest BCUT2D eigenvalue weighted by Gasteiger charge is -2.31. The van der Waals surface area contributed by atoms with Crippen molar-refractivity contribution in [3.05, 3.63) is 27.1 Å². The minimum atomic E-state index is -0.0823. The van der Waals surface area contributed by atoms with E-state index in [1.165, 1.54) is 28.7 Å². The minimum Gasteiger partial charge on any atom is -0.315 e. The summed E-state index contributed by atoms with van der Waals surface area (Å²) in [4.78, 5) is 19.7. The van der Waals surface area contributed by atoms with Crippen LogP contribution in [-0.2, 0) is 13.0 Å². The van der Waals surface area contributed by atoms with Crippen LogP contribution < -0.4 is 10.9 Å². The van der Waals surface area contributed by atoms with Crippen LogP contribution in [0, 0.1) is 0 Å². The molecule has 7 heteroatoms. The van der Waals surface area contributed by atoms with Gasteiger partial charge in [0.25, 0.3) is 5.56 Å². The number of hydrogen-bond acceptors (Lipinski definition) is 6. The first-order valence-electron chi connectivity index (χ1n) is 7.47. The van der Waals surface area contributed by atoms with Gasteiger partial charge in [-0.25, -0.2) is 4.98 Å². The highest BCUT2D eigenvalue weighted by Gasteiger charge is 2.18. The average Bonchev–Trinajstić information content (AvgIpc) is 2.92. The molecule has 1 saturated heterocycles. The lowest BCUT2D eigenvalue weighted by atomic mass is 10.1. The van der Waals surface area contributed by atoms with Crippen LogP contribution in [0.5, 0.6) is 0 Å². The summed E-state index contributed by atoms with van der Waals surface area (Å²) < 4.78 is 1.41. The van der Waals surface area contributed by atoms with Crippen molar-refractivity contribution >= 4 is 16.3 Å². The number of likely N-dealkylation sites (N-methyl/N-ethyl adjacent to an activating group) is 1. The molecule has 0 amide bonds. The van der Waals surface area contributed by atoms with Crippen LogP contribution in [0.1, 0.15) is 30.5 Å². The third-order valence-electron chi connectivity index (χ3n) is 3.95. The molecule has 1 unspecified atom stereocenters. The van der Waals surface area contributed by atoms with Gasteiger partial charge in [-0.05, 0) is 32.9 Å². The smallest absolute Gasteiger partial charge is 0.275 e. The van der Waals surface area contributed by atoms with Gasteiger partial charge < -0.3 is 5.32 Å². The Morgan fingerprint density at radius 1 is 1.57 bits per heavy atom. The van der Waals surface area contributed by atoms with Crippen molar-refractivity contribution in [3.63, 3.8) is 0 Å². The predicted octanol–water partition coefficient (Wildman–Crippen LogP) is 0.897. The van der Waals surface area contributed by atoms with E-state index in [0.717, 1.165) is 30.2 Å². The van der Waals surface area contributed by atoms with E-state index in [1.807, 2.05) is 6.92 Å². The Kier molecular flexibility index (Phi) is 4.32. The predicted molar refractivity (Wildman–Crippen MR) is 83.9 cm³/mol. The van der Waals surface area contributed by atoms with Crippen molar-refractivity contribution in [3.8, 4) is 0 Å². The van der Waals surface area contributed by atoms with Crippen LogP contribution in [0.15, 0.2) is 10.9 Å². The molecule has 1 fully saturated rings. The summed E-state index contributed by atoms with van der Waals surface area (Å²) in [6.07, 6.45) is 3.24. The van der Waals surface area contributed by atoms with E-state index in [0.29, 0.717) is 17.5 Å². The first-order chi connectivity index (χ1) is 10.2. The molecule has 3 rings (SSSR count). The van der Waals surface area contributed by atoms with E-state index in [9.17, 15) is 4.79 Å². The largest absolute Gasteiger partial charge is 0.315 e. The van der Waals surface area contributed by atoms with E-state index in [1.54, 1.807) is 6.07 Å². The Morgan fingerprint density at radius 2 is 2.43 bits per heavy atom. The van der Waals surface area contributed by atoms with Crippen LogP contribution in [0.25, 0.3) is 4.96 Å².